The maximum atomic E-state index is 13.2. The molecule has 1 aliphatic heterocycles. The van der Waals surface area contributed by atoms with Gasteiger partial charge in [-0.2, -0.15) is 0 Å². The minimum absolute atomic E-state index is 0.0170. The number of esters is 1. The number of rotatable bonds is 19. The third-order valence-electron chi connectivity index (χ3n) is 7.56. The predicted octanol–water partition coefficient (Wildman–Crippen LogP) is 1.22. The van der Waals surface area contributed by atoms with Crippen LogP contribution >= 0.6 is 0 Å². The fourth-order valence-electron chi connectivity index (χ4n) is 5.25. The number of amides is 3. The second-order valence-electron chi connectivity index (χ2n) is 12.6. The molecule has 0 saturated carbocycles. The maximum Gasteiger partial charge on any atom is 0.309 e. The Balaban J connectivity index is 3.16. The van der Waals surface area contributed by atoms with Crippen LogP contribution in [0.5, 0.6) is 0 Å². The van der Waals surface area contributed by atoms with Gasteiger partial charge in [0.2, 0.25) is 17.7 Å². The lowest BCUT2D eigenvalue weighted by Crippen LogP contribution is -2.45. The van der Waals surface area contributed by atoms with Crippen LogP contribution in [-0.4, -0.2) is 123 Å². The zero-order valence-corrected chi connectivity index (χ0v) is 25.7. The molecule has 0 aromatic carbocycles. The van der Waals surface area contributed by atoms with Gasteiger partial charge in [0.25, 0.3) is 0 Å². The van der Waals surface area contributed by atoms with Crippen molar-refractivity contribution in [2.75, 3.05) is 67.6 Å². The molecular weight excluding hydrogens is 516 g/mol. The first-order chi connectivity index (χ1) is 18.7. The van der Waals surface area contributed by atoms with Crippen molar-refractivity contribution in [3.63, 3.8) is 0 Å². The molecule has 0 aliphatic carbocycles. The summed E-state index contributed by atoms with van der Waals surface area (Å²) in [7, 11) is 7.85. The summed E-state index contributed by atoms with van der Waals surface area (Å²) in [6, 6.07) is -0.413. The number of quaternary nitrogens is 1. The Morgan fingerprint density at radius 3 is 2.38 bits per heavy atom. The SMILES string of the molecule is CCC(CC(CC(CC(C)(C)C(=O)NCCC[N+](C)(C)C)C(=O)OCCO)N1CCCC1=O)C(=O)N(C)CC=O. The Morgan fingerprint density at radius 2 is 1.85 bits per heavy atom. The van der Waals surface area contributed by atoms with Crippen LogP contribution in [0.4, 0.5) is 0 Å². The number of ether oxygens (including phenoxy) is 1. The number of aliphatic hydroxyl groups is 1. The van der Waals surface area contributed by atoms with Crippen LogP contribution in [-0.2, 0) is 28.7 Å². The predicted molar refractivity (Wildman–Crippen MR) is 152 cm³/mol. The largest absolute Gasteiger partial charge is 0.463 e. The molecule has 11 nitrogen and oxygen atoms in total. The molecular formula is C29H53N4O7+. The van der Waals surface area contributed by atoms with Gasteiger partial charge in [0.05, 0.1) is 46.8 Å². The van der Waals surface area contributed by atoms with Gasteiger partial charge in [-0.1, -0.05) is 20.8 Å². The zero-order chi connectivity index (χ0) is 30.5. The van der Waals surface area contributed by atoms with Crippen molar-refractivity contribution in [2.24, 2.45) is 17.3 Å². The van der Waals surface area contributed by atoms with Gasteiger partial charge in [0.1, 0.15) is 12.9 Å². The molecule has 1 aliphatic rings. The normalized spacial score (nSPS) is 16.3. The first-order valence-corrected chi connectivity index (χ1v) is 14.5. The van der Waals surface area contributed by atoms with Gasteiger partial charge in [0.15, 0.2) is 0 Å². The fraction of sp³-hybridized carbons (Fsp3) is 0.828. The molecule has 2 N–H and O–H groups in total. The topological polar surface area (TPSA) is 133 Å². The third kappa shape index (κ3) is 11.9. The third-order valence-corrected chi connectivity index (χ3v) is 7.56. The minimum Gasteiger partial charge on any atom is -0.463 e. The van der Waals surface area contributed by atoms with E-state index in [1.54, 1.807) is 25.8 Å². The van der Waals surface area contributed by atoms with Crippen molar-refractivity contribution in [1.82, 2.24) is 15.1 Å². The molecule has 0 spiro atoms. The number of hydrogen-bond donors (Lipinski definition) is 2. The molecule has 1 heterocycles. The highest BCUT2D eigenvalue weighted by Crippen LogP contribution is 2.33. The van der Waals surface area contributed by atoms with Crippen LogP contribution in [0.25, 0.3) is 0 Å². The van der Waals surface area contributed by atoms with E-state index in [0.29, 0.717) is 45.1 Å². The lowest BCUT2D eigenvalue weighted by Gasteiger charge is -2.35. The monoisotopic (exact) mass is 569 g/mol. The Labute approximate surface area is 240 Å². The molecule has 11 heteroatoms. The summed E-state index contributed by atoms with van der Waals surface area (Å²) in [6.45, 7) is 6.93. The number of likely N-dealkylation sites (tertiary alicyclic amines) is 1. The van der Waals surface area contributed by atoms with E-state index in [1.807, 2.05) is 6.92 Å². The summed E-state index contributed by atoms with van der Waals surface area (Å²) >= 11 is 0. The molecule has 1 fully saturated rings. The van der Waals surface area contributed by atoms with Crippen LogP contribution in [0.1, 0.15) is 65.7 Å². The van der Waals surface area contributed by atoms with Gasteiger partial charge >= 0.3 is 5.97 Å². The zero-order valence-electron chi connectivity index (χ0n) is 25.7. The summed E-state index contributed by atoms with van der Waals surface area (Å²) in [5.41, 5.74) is -0.900. The first-order valence-electron chi connectivity index (χ1n) is 14.5. The summed E-state index contributed by atoms with van der Waals surface area (Å²) in [4.78, 5) is 66.3. The molecule has 1 rings (SSSR count). The second kappa shape index (κ2) is 16.7. The molecule has 0 aromatic rings. The lowest BCUT2D eigenvalue weighted by atomic mass is 9.78. The molecule has 0 aromatic heterocycles. The number of carbonyl (C=O) groups is 5. The molecule has 1 saturated heterocycles. The Bertz CT molecular complexity index is 856. The van der Waals surface area contributed by atoms with Crippen molar-refractivity contribution < 1.29 is 38.3 Å². The van der Waals surface area contributed by atoms with E-state index < -0.39 is 29.3 Å². The van der Waals surface area contributed by atoms with Crippen molar-refractivity contribution in [2.45, 2.75) is 71.8 Å². The number of aliphatic hydroxyl groups excluding tert-OH is 1. The molecule has 0 bridgehead atoms. The smallest absolute Gasteiger partial charge is 0.309 e. The highest BCUT2D eigenvalue weighted by atomic mass is 16.5. The van der Waals surface area contributed by atoms with Gasteiger partial charge in [-0.3, -0.25) is 19.2 Å². The van der Waals surface area contributed by atoms with Crippen LogP contribution in [0.3, 0.4) is 0 Å². The van der Waals surface area contributed by atoms with E-state index in [0.717, 1.165) is 17.4 Å². The summed E-state index contributed by atoms with van der Waals surface area (Å²) in [5, 5.41) is 12.2. The van der Waals surface area contributed by atoms with E-state index in [1.165, 1.54) is 4.90 Å². The number of carbonyl (C=O) groups excluding carboxylic acids is 5. The Hall–Kier alpha value is -2.53. The van der Waals surface area contributed by atoms with E-state index in [9.17, 15) is 29.1 Å². The van der Waals surface area contributed by atoms with Crippen LogP contribution in [0, 0.1) is 17.3 Å². The van der Waals surface area contributed by atoms with Gasteiger partial charge in [-0.25, -0.2) is 0 Å². The second-order valence-corrected chi connectivity index (χ2v) is 12.6. The van der Waals surface area contributed by atoms with Crippen LogP contribution < -0.4 is 5.32 Å². The Morgan fingerprint density at radius 1 is 1.20 bits per heavy atom. The van der Waals surface area contributed by atoms with Gasteiger partial charge < -0.3 is 34.2 Å². The highest BCUT2D eigenvalue weighted by Gasteiger charge is 2.39. The maximum absolute atomic E-state index is 13.2. The van der Waals surface area contributed by atoms with Gasteiger partial charge in [0, 0.05) is 50.4 Å². The van der Waals surface area contributed by atoms with Crippen molar-refractivity contribution in [1.29, 1.82) is 0 Å². The quantitative estimate of drug-likeness (QED) is 0.103. The molecule has 40 heavy (non-hydrogen) atoms. The number of nitrogens with zero attached hydrogens (tertiary/aromatic N) is 3. The van der Waals surface area contributed by atoms with Crippen molar-refractivity contribution in [3.8, 4) is 0 Å². The van der Waals surface area contributed by atoms with Crippen LogP contribution in [0.15, 0.2) is 0 Å². The van der Waals surface area contributed by atoms with Gasteiger partial charge in [-0.05, 0) is 32.1 Å². The summed E-state index contributed by atoms with van der Waals surface area (Å²) < 4.78 is 6.11. The molecule has 3 atom stereocenters. The van der Waals surface area contributed by atoms with Crippen molar-refractivity contribution in [3.05, 3.63) is 0 Å². The summed E-state index contributed by atoms with van der Waals surface area (Å²) in [5.74, 6) is -2.06. The van der Waals surface area contributed by atoms with E-state index in [4.69, 9.17) is 4.74 Å². The fourth-order valence-corrected chi connectivity index (χ4v) is 5.25. The average molecular weight is 570 g/mol. The average Bonchev–Trinajstić information content (AvgIpc) is 3.31. The van der Waals surface area contributed by atoms with Crippen LogP contribution in [0.2, 0.25) is 0 Å². The molecule has 0 radical (unpaired) electrons. The number of hydrogen-bond acceptors (Lipinski definition) is 7. The molecule has 3 unspecified atom stereocenters. The van der Waals surface area contributed by atoms with E-state index >= 15 is 0 Å². The molecule has 3 amide bonds. The van der Waals surface area contributed by atoms with E-state index in [2.05, 4.69) is 26.5 Å². The lowest BCUT2D eigenvalue weighted by molar-refractivity contribution is -0.870. The highest BCUT2D eigenvalue weighted by molar-refractivity contribution is 5.83. The Kier molecular flexibility index (Phi) is 14.8. The first kappa shape index (κ1) is 35.5. The van der Waals surface area contributed by atoms with Gasteiger partial charge in [-0.15, -0.1) is 0 Å². The standard InChI is InChI=1S/C29H52N4O7/c1-8-22(26(37)31(4)14-16-34)19-24(32-13-9-11-25(32)36)20-23(27(38)40-18-17-35)21-29(2,3)28(39)30-12-10-15-33(5,6)7/h16,22-24,35H,8-15,17-21H2,1-7H3/p+1. The number of likely N-dealkylation sites (N-methyl/N-ethyl adjacent to an activating group) is 1. The number of nitrogens with one attached hydrogen (secondary N) is 1. The minimum atomic E-state index is -0.900. The molecule has 230 valence electrons. The summed E-state index contributed by atoms with van der Waals surface area (Å²) in [6.07, 6.45) is 3.88. The number of aldehydes is 1. The van der Waals surface area contributed by atoms with E-state index in [-0.39, 0.29) is 50.3 Å². The van der Waals surface area contributed by atoms with Crippen molar-refractivity contribution >= 4 is 30.0 Å².